The van der Waals surface area contributed by atoms with E-state index in [1.165, 1.54) is 0 Å². The van der Waals surface area contributed by atoms with Gasteiger partial charge in [-0.15, -0.1) is 0 Å². The lowest BCUT2D eigenvalue weighted by atomic mass is 10.1. The Kier molecular flexibility index (Phi) is 3.10. The van der Waals surface area contributed by atoms with Gasteiger partial charge in [0.25, 0.3) is 0 Å². The molecule has 0 spiro atoms. The van der Waals surface area contributed by atoms with Crippen LogP contribution in [-0.4, -0.2) is 23.5 Å². The molecule has 0 radical (unpaired) electrons. The van der Waals surface area contributed by atoms with E-state index in [2.05, 4.69) is 5.32 Å². The van der Waals surface area contributed by atoms with Crippen molar-refractivity contribution < 1.29 is 14.7 Å². The Hall–Kier alpha value is -2.82. The van der Waals surface area contributed by atoms with Crippen LogP contribution >= 0.6 is 0 Å². The summed E-state index contributed by atoms with van der Waals surface area (Å²) in [6.45, 7) is 1.94. The largest absolute Gasteiger partial charge is 0.478 e. The van der Waals surface area contributed by atoms with Crippen LogP contribution in [0.2, 0.25) is 0 Å². The molecule has 106 valence electrons. The van der Waals surface area contributed by atoms with Gasteiger partial charge >= 0.3 is 5.97 Å². The minimum Gasteiger partial charge on any atom is -0.478 e. The Bertz CT molecular complexity index is 740. The van der Waals surface area contributed by atoms with Gasteiger partial charge in [-0.3, -0.25) is 4.79 Å². The number of carboxylic acids is 1. The van der Waals surface area contributed by atoms with Gasteiger partial charge in [0.15, 0.2) is 0 Å². The normalized spacial score (nSPS) is 13.6. The van der Waals surface area contributed by atoms with Gasteiger partial charge in [0.2, 0.25) is 5.91 Å². The van der Waals surface area contributed by atoms with Crippen LogP contribution < -0.4 is 10.2 Å². The number of benzene rings is 2. The fourth-order valence-electron chi connectivity index (χ4n) is 2.50. The number of carboxylic acid groups (broad SMARTS) is 1. The van der Waals surface area contributed by atoms with Crippen molar-refractivity contribution in [1.29, 1.82) is 0 Å². The minimum absolute atomic E-state index is 0.0976. The Balaban J connectivity index is 2.17. The first-order valence-corrected chi connectivity index (χ1v) is 6.56. The molecule has 0 unspecified atom stereocenters. The number of carbonyl (C=O) groups is 2. The highest BCUT2D eigenvalue weighted by atomic mass is 16.4. The second-order valence-corrected chi connectivity index (χ2v) is 4.98. The predicted octanol–water partition coefficient (Wildman–Crippen LogP) is 2.78. The first-order valence-electron chi connectivity index (χ1n) is 6.56. The van der Waals surface area contributed by atoms with Gasteiger partial charge in [-0.1, -0.05) is 23.8 Å². The molecule has 2 aromatic carbocycles. The van der Waals surface area contributed by atoms with Gasteiger partial charge in [0.05, 0.1) is 22.6 Å². The number of nitrogens with zero attached hydrogens (tertiary/aromatic N) is 1. The monoisotopic (exact) mass is 282 g/mol. The van der Waals surface area contributed by atoms with E-state index < -0.39 is 5.97 Å². The van der Waals surface area contributed by atoms with Crippen molar-refractivity contribution in [2.75, 3.05) is 16.8 Å². The van der Waals surface area contributed by atoms with Crippen molar-refractivity contribution >= 4 is 28.9 Å². The molecule has 1 aliphatic heterocycles. The molecule has 1 aliphatic rings. The number of hydrogen-bond donors (Lipinski definition) is 2. The Morgan fingerprint density at radius 2 is 1.95 bits per heavy atom. The van der Waals surface area contributed by atoms with Gasteiger partial charge in [0, 0.05) is 0 Å². The number of hydrogen-bond acceptors (Lipinski definition) is 3. The molecule has 3 rings (SSSR count). The van der Waals surface area contributed by atoms with Crippen molar-refractivity contribution in [2.45, 2.75) is 6.92 Å². The lowest BCUT2D eigenvalue weighted by molar-refractivity contribution is -0.115. The van der Waals surface area contributed by atoms with Crippen LogP contribution in [0.25, 0.3) is 0 Å². The maximum Gasteiger partial charge on any atom is 0.337 e. The molecule has 1 amide bonds. The molecule has 0 saturated heterocycles. The van der Waals surface area contributed by atoms with Gasteiger partial charge in [-0.05, 0) is 31.2 Å². The van der Waals surface area contributed by atoms with Gasteiger partial charge in [-0.2, -0.15) is 0 Å². The first kappa shape index (κ1) is 13.2. The van der Waals surface area contributed by atoms with Crippen molar-refractivity contribution in [3.05, 3.63) is 53.6 Å². The quantitative estimate of drug-likeness (QED) is 0.888. The molecule has 0 atom stereocenters. The summed E-state index contributed by atoms with van der Waals surface area (Å²) < 4.78 is 0. The van der Waals surface area contributed by atoms with Crippen molar-refractivity contribution in [3.63, 3.8) is 0 Å². The van der Waals surface area contributed by atoms with Gasteiger partial charge in [0.1, 0.15) is 6.54 Å². The Morgan fingerprint density at radius 1 is 1.19 bits per heavy atom. The molecule has 0 fully saturated rings. The lowest BCUT2D eigenvalue weighted by Crippen LogP contribution is -2.35. The number of para-hydroxylation sites is 2. The number of amides is 1. The third kappa shape index (κ3) is 2.33. The second kappa shape index (κ2) is 4.94. The summed E-state index contributed by atoms with van der Waals surface area (Å²) in [7, 11) is 0. The molecule has 2 N–H and O–H groups in total. The van der Waals surface area contributed by atoms with Crippen LogP contribution in [0.15, 0.2) is 42.5 Å². The summed E-state index contributed by atoms with van der Waals surface area (Å²) >= 11 is 0. The highest BCUT2D eigenvalue weighted by Gasteiger charge is 2.26. The summed E-state index contributed by atoms with van der Waals surface area (Å²) in [5, 5.41) is 12.2. The Morgan fingerprint density at radius 3 is 2.71 bits per heavy atom. The van der Waals surface area contributed by atoms with Crippen molar-refractivity contribution in [3.8, 4) is 0 Å². The number of aromatic carboxylic acids is 1. The molecule has 5 nitrogen and oxygen atoms in total. The van der Waals surface area contributed by atoms with E-state index in [4.69, 9.17) is 0 Å². The third-order valence-corrected chi connectivity index (χ3v) is 3.44. The molecular formula is C16H14N2O3. The van der Waals surface area contributed by atoms with Crippen LogP contribution in [0.1, 0.15) is 15.9 Å². The standard InChI is InChI=1S/C16H14N2O3/c1-10-6-7-13(11(8-10)16(20)21)18-9-15(19)17-12-4-2-3-5-14(12)18/h2-8H,9H2,1H3,(H,17,19)(H,20,21). The lowest BCUT2D eigenvalue weighted by Gasteiger charge is -2.31. The van der Waals surface area contributed by atoms with Crippen LogP contribution in [0.4, 0.5) is 17.1 Å². The van der Waals surface area contributed by atoms with Crippen LogP contribution in [0.5, 0.6) is 0 Å². The smallest absolute Gasteiger partial charge is 0.337 e. The fraction of sp³-hybridized carbons (Fsp3) is 0.125. The number of carbonyl (C=O) groups excluding carboxylic acids is 1. The predicted molar refractivity (Wildman–Crippen MR) is 80.2 cm³/mol. The van der Waals surface area contributed by atoms with Gasteiger partial charge in [-0.25, -0.2) is 4.79 Å². The number of rotatable bonds is 2. The molecule has 0 saturated carbocycles. The van der Waals surface area contributed by atoms with E-state index in [0.717, 1.165) is 11.3 Å². The van der Waals surface area contributed by atoms with Crippen molar-refractivity contribution in [2.24, 2.45) is 0 Å². The zero-order valence-corrected chi connectivity index (χ0v) is 11.5. The molecule has 1 heterocycles. The summed E-state index contributed by atoms with van der Waals surface area (Å²) in [5.74, 6) is -1.16. The first-order chi connectivity index (χ1) is 10.1. The topological polar surface area (TPSA) is 69.6 Å². The van der Waals surface area contributed by atoms with E-state index >= 15 is 0 Å². The average Bonchev–Trinajstić information content (AvgIpc) is 2.46. The number of fused-ring (bicyclic) bond motifs is 1. The van der Waals surface area contributed by atoms with E-state index in [-0.39, 0.29) is 18.0 Å². The molecule has 0 aromatic heterocycles. The number of aryl methyl sites for hydroxylation is 1. The second-order valence-electron chi connectivity index (χ2n) is 4.98. The maximum atomic E-state index is 11.9. The summed E-state index contributed by atoms with van der Waals surface area (Å²) in [6, 6.07) is 12.6. The zero-order valence-electron chi connectivity index (χ0n) is 11.5. The molecule has 5 heteroatoms. The highest BCUT2D eigenvalue weighted by molar-refractivity contribution is 6.05. The third-order valence-electron chi connectivity index (χ3n) is 3.44. The van der Waals surface area contributed by atoms with Crippen LogP contribution in [-0.2, 0) is 4.79 Å². The minimum atomic E-state index is -1.00. The highest BCUT2D eigenvalue weighted by Crippen LogP contribution is 2.36. The Labute approximate surface area is 121 Å². The molecule has 0 aliphatic carbocycles. The van der Waals surface area contributed by atoms with E-state index in [9.17, 15) is 14.7 Å². The molecule has 2 aromatic rings. The summed E-state index contributed by atoms with van der Waals surface area (Å²) in [4.78, 5) is 25.1. The van der Waals surface area contributed by atoms with Crippen LogP contribution in [0, 0.1) is 6.92 Å². The fourth-order valence-corrected chi connectivity index (χ4v) is 2.50. The van der Waals surface area contributed by atoms with Crippen LogP contribution in [0.3, 0.4) is 0 Å². The van der Waals surface area contributed by atoms with E-state index in [0.29, 0.717) is 11.4 Å². The van der Waals surface area contributed by atoms with E-state index in [1.807, 2.05) is 31.2 Å². The molecule has 21 heavy (non-hydrogen) atoms. The number of nitrogens with one attached hydrogen (secondary N) is 1. The summed E-state index contributed by atoms with van der Waals surface area (Å²) in [6.07, 6.45) is 0. The molecule has 0 bridgehead atoms. The SMILES string of the molecule is Cc1ccc(N2CC(=O)Nc3ccccc32)c(C(=O)O)c1. The average molecular weight is 282 g/mol. The zero-order chi connectivity index (χ0) is 15.0. The van der Waals surface area contributed by atoms with Crippen molar-refractivity contribution in [1.82, 2.24) is 0 Å². The molecular weight excluding hydrogens is 268 g/mol. The maximum absolute atomic E-state index is 11.9. The van der Waals surface area contributed by atoms with Gasteiger partial charge < -0.3 is 15.3 Å². The van der Waals surface area contributed by atoms with E-state index in [1.54, 1.807) is 23.1 Å². The summed E-state index contributed by atoms with van der Waals surface area (Å²) in [5.41, 5.74) is 3.06. The number of anilines is 3.